The number of benzene rings is 1. The van der Waals surface area contributed by atoms with Crippen molar-refractivity contribution in [2.45, 2.75) is 33.7 Å². The van der Waals surface area contributed by atoms with Gasteiger partial charge < -0.3 is 5.32 Å². The molecule has 1 amide bonds. The number of amides is 1. The van der Waals surface area contributed by atoms with Crippen LogP contribution in [0.5, 0.6) is 0 Å². The number of rotatable bonds is 5. The summed E-state index contributed by atoms with van der Waals surface area (Å²) in [5.41, 5.74) is 3.75. The van der Waals surface area contributed by atoms with Crippen LogP contribution in [0.4, 0.5) is 0 Å². The lowest BCUT2D eigenvalue weighted by Crippen LogP contribution is -2.23. The van der Waals surface area contributed by atoms with Crippen LogP contribution in [0.25, 0.3) is 0 Å². The topological polar surface area (TPSA) is 57.8 Å². The monoisotopic (exact) mass is 271 g/mol. The van der Waals surface area contributed by atoms with Crippen molar-refractivity contribution in [1.82, 2.24) is 15.5 Å². The average molecular weight is 271 g/mol. The summed E-state index contributed by atoms with van der Waals surface area (Å²) in [4.78, 5) is 12.0. The quantitative estimate of drug-likeness (QED) is 0.878. The molecule has 0 saturated carbocycles. The van der Waals surface area contributed by atoms with Crippen molar-refractivity contribution in [3.8, 4) is 0 Å². The van der Waals surface area contributed by atoms with Gasteiger partial charge in [0.25, 0.3) is 5.91 Å². The second kappa shape index (κ2) is 6.37. The molecule has 0 bridgehead atoms. The Morgan fingerprint density at radius 3 is 2.80 bits per heavy atom. The lowest BCUT2D eigenvalue weighted by Gasteiger charge is -2.06. The summed E-state index contributed by atoms with van der Waals surface area (Å²) < 4.78 is 0. The van der Waals surface area contributed by atoms with Crippen LogP contribution in [0.15, 0.2) is 30.3 Å². The summed E-state index contributed by atoms with van der Waals surface area (Å²) in [5.74, 6) is 0.401. The summed E-state index contributed by atoms with van der Waals surface area (Å²) in [5, 5.41) is 9.88. The molecular formula is C16H21N3O. The number of hydrogen-bond donors (Lipinski definition) is 2. The van der Waals surface area contributed by atoms with E-state index in [0.29, 0.717) is 18.2 Å². The average Bonchev–Trinajstić information content (AvgIpc) is 2.85. The first-order valence-electron chi connectivity index (χ1n) is 6.93. The van der Waals surface area contributed by atoms with E-state index in [1.54, 1.807) is 0 Å². The first kappa shape index (κ1) is 14.3. The number of H-pyrrole nitrogens is 1. The molecule has 0 aliphatic carbocycles. The van der Waals surface area contributed by atoms with Gasteiger partial charge in [-0.2, -0.15) is 5.10 Å². The number of aromatic nitrogens is 2. The Kier molecular flexibility index (Phi) is 4.56. The van der Waals surface area contributed by atoms with Crippen LogP contribution >= 0.6 is 0 Å². The summed E-state index contributed by atoms with van der Waals surface area (Å²) in [6.45, 7) is 6.84. The fourth-order valence-corrected chi connectivity index (χ4v) is 2.10. The number of hydrogen-bond acceptors (Lipinski definition) is 2. The molecule has 2 aromatic rings. The summed E-state index contributed by atoms with van der Waals surface area (Å²) in [6, 6.07) is 9.85. The highest BCUT2D eigenvalue weighted by Gasteiger charge is 2.11. The van der Waals surface area contributed by atoms with Crippen molar-refractivity contribution >= 4 is 5.91 Å². The van der Waals surface area contributed by atoms with Crippen molar-refractivity contribution in [1.29, 1.82) is 0 Å². The predicted molar refractivity (Wildman–Crippen MR) is 79.5 cm³/mol. The molecule has 1 heterocycles. The predicted octanol–water partition coefficient (Wildman–Crippen LogP) is 2.85. The van der Waals surface area contributed by atoms with Gasteiger partial charge in [0.05, 0.1) is 0 Å². The van der Waals surface area contributed by atoms with Crippen LogP contribution in [0.3, 0.4) is 0 Å². The van der Waals surface area contributed by atoms with Crippen LogP contribution in [-0.4, -0.2) is 16.1 Å². The molecule has 2 N–H and O–H groups in total. The maximum absolute atomic E-state index is 12.0. The molecule has 0 atom stereocenters. The van der Waals surface area contributed by atoms with E-state index < -0.39 is 0 Å². The molecule has 0 unspecified atom stereocenters. The molecule has 0 aliphatic rings. The molecule has 106 valence electrons. The largest absolute Gasteiger partial charge is 0.347 e. The van der Waals surface area contributed by atoms with Crippen LogP contribution in [-0.2, 0) is 13.0 Å². The van der Waals surface area contributed by atoms with E-state index in [1.165, 1.54) is 5.56 Å². The van der Waals surface area contributed by atoms with E-state index in [-0.39, 0.29) is 5.91 Å². The van der Waals surface area contributed by atoms with Crippen molar-refractivity contribution < 1.29 is 4.79 Å². The Morgan fingerprint density at radius 1 is 1.35 bits per heavy atom. The van der Waals surface area contributed by atoms with Crippen LogP contribution in [0.2, 0.25) is 0 Å². The molecule has 2 rings (SSSR count). The normalized spacial score (nSPS) is 10.8. The molecule has 1 aromatic heterocycles. The summed E-state index contributed by atoms with van der Waals surface area (Å²) in [6.07, 6.45) is 0.901. The summed E-state index contributed by atoms with van der Waals surface area (Å²) >= 11 is 0. The lowest BCUT2D eigenvalue weighted by molar-refractivity contribution is 0.0946. The van der Waals surface area contributed by atoms with Gasteiger partial charge in [-0.05, 0) is 36.5 Å². The van der Waals surface area contributed by atoms with Gasteiger partial charge in [0.15, 0.2) is 0 Å². The smallest absolute Gasteiger partial charge is 0.272 e. The van der Waals surface area contributed by atoms with E-state index in [0.717, 1.165) is 17.7 Å². The Hall–Kier alpha value is -2.10. The molecule has 20 heavy (non-hydrogen) atoms. The molecule has 0 radical (unpaired) electrons. The number of carbonyl (C=O) groups excluding carboxylic acids is 1. The molecule has 4 heteroatoms. The molecule has 1 aromatic carbocycles. The Labute approximate surface area is 119 Å². The minimum Gasteiger partial charge on any atom is -0.347 e. The second-order valence-electron chi connectivity index (χ2n) is 5.49. The number of aryl methyl sites for hydroxylation is 1. The summed E-state index contributed by atoms with van der Waals surface area (Å²) in [7, 11) is 0. The van der Waals surface area contributed by atoms with Crippen LogP contribution in [0.1, 0.15) is 41.2 Å². The van der Waals surface area contributed by atoms with Crippen LogP contribution < -0.4 is 5.32 Å². The van der Waals surface area contributed by atoms with Gasteiger partial charge in [-0.25, -0.2) is 0 Å². The van der Waals surface area contributed by atoms with Crippen molar-refractivity contribution in [2.75, 3.05) is 0 Å². The van der Waals surface area contributed by atoms with Crippen molar-refractivity contribution in [3.05, 3.63) is 52.8 Å². The third-order valence-corrected chi connectivity index (χ3v) is 3.19. The highest BCUT2D eigenvalue weighted by atomic mass is 16.1. The first-order chi connectivity index (χ1) is 9.56. The van der Waals surface area contributed by atoms with Gasteiger partial charge in [-0.1, -0.05) is 38.1 Å². The zero-order chi connectivity index (χ0) is 14.5. The van der Waals surface area contributed by atoms with E-state index in [1.807, 2.05) is 37.3 Å². The van der Waals surface area contributed by atoms with E-state index >= 15 is 0 Å². The minimum absolute atomic E-state index is 0.139. The van der Waals surface area contributed by atoms with E-state index in [2.05, 4.69) is 29.4 Å². The van der Waals surface area contributed by atoms with Crippen LogP contribution in [0, 0.1) is 12.8 Å². The first-order valence-corrected chi connectivity index (χ1v) is 6.93. The molecule has 0 spiro atoms. The number of aromatic amines is 1. The number of nitrogens with one attached hydrogen (secondary N) is 2. The van der Waals surface area contributed by atoms with Gasteiger partial charge in [-0.3, -0.25) is 9.89 Å². The van der Waals surface area contributed by atoms with Gasteiger partial charge in [0.2, 0.25) is 0 Å². The highest BCUT2D eigenvalue weighted by Crippen LogP contribution is 2.08. The standard InChI is InChI=1S/C16H21N3O/c1-11(2)8-14-9-15(19-18-14)16(20)17-10-13-7-5-4-6-12(13)3/h4-7,9,11H,8,10H2,1-3H3,(H,17,20)(H,18,19). The number of carbonyl (C=O) groups is 1. The van der Waals surface area contributed by atoms with Gasteiger partial charge in [0.1, 0.15) is 5.69 Å². The maximum Gasteiger partial charge on any atom is 0.272 e. The third-order valence-electron chi connectivity index (χ3n) is 3.19. The third kappa shape index (κ3) is 3.70. The van der Waals surface area contributed by atoms with E-state index in [4.69, 9.17) is 0 Å². The SMILES string of the molecule is Cc1ccccc1CNC(=O)c1cc(CC(C)C)[nH]n1. The maximum atomic E-state index is 12.0. The molecule has 0 saturated heterocycles. The fourth-order valence-electron chi connectivity index (χ4n) is 2.10. The molecule has 0 aliphatic heterocycles. The second-order valence-corrected chi connectivity index (χ2v) is 5.49. The Balaban J connectivity index is 1.95. The zero-order valence-electron chi connectivity index (χ0n) is 12.2. The number of nitrogens with zero attached hydrogens (tertiary/aromatic N) is 1. The zero-order valence-corrected chi connectivity index (χ0v) is 12.2. The Morgan fingerprint density at radius 2 is 2.10 bits per heavy atom. The van der Waals surface area contributed by atoms with Gasteiger partial charge in [-0.15, -0.1) is 0 Å². The van der Waals surface area contributed by atoms with E-state index in [9.17, 15) is 4.79 Å². The fraction of sp³-hybridized carbons (Fsp3) is 0.375. The minimum atomic E-state index is -0.139. The molecule has 0 fully saturated rings. The lowest BCUT2D eigenvalue weighted by atomic mass is 10.1. The Bertz CT molecular complexity index is 587. The van der Waals surface area contributed by atoms with Gasteiger partial charge in [0, 0.05) is 12.2 Å². The van der Waals surface area contributed by atoms with Gasteiger partial charge >= 0.3 is 0 Å². The van der Waals surface area contributed by atoms with Crippen molar-refractivity contribution in [3.63, 3.8) is 0 Å². The molecule has 4 nitrogen and oxygen atoms in total. The highest BCUT2D eigenvalue weighted by molar-refractivity contribution is 5.92. The molecular weight excluding hydrogens is 250 g/mol. The van der Waals surface area contributed by atoms with Crippen molar-refractivity contribution in [2.24, 2.45) is 5.92 Å².